The molecule has 5 heteroatoms. The summed E-state index contributed by atoms with van der Waals surface area (Å²) in [5.41, 5.74) is 1.61. The van der Waals surface area contributed by atoms with E-state index < -0.39 is 0 Å². The molecule has 1 N–H and O–H groups in total. The van der Waals surface area contributed by atoms with Crippen LogP contribution in [0.5, 0.6) is 0 Å². The molecule has 0 aliphatic carbocycles. The molecule has 0 fully saturated rings. The summed E-state index contributed by atoms with van der Waals surface area (Å²) in [5, 5.41) is 7.14. The fraction of sp³-hybridized carbons (Fsp3) is 0.231. The maximum absolute atomic E-state index is 11.8. The van der Waals surface area contributed by atoms with Gasteiger partial charge in [-0.25, -0.2) is 0 Å². The number of aromatic nitrogens is 1. The number of carbonyl (C=O) groups excluding carboxylic acids is 1. The van der Waals surface area contributed by atoms with Gasteiger partial charge >= 0.3 is 0 Å². The molecule has 2 rings (SSSR count). The molecule has 4 nitrogen and oxygen atoms in total. The van der Waals surface area contributed by atoms with Gasteiger partial charge in [0.15, 0.2) is 0 Å². The first-order valence-electron chi connectivity index (χ1n) is 5.56. The summed E-state index contributed by atoms with van der Waals surface area (Å²) < 4.78 is 4.90. The lowest BCUT2D eigenvalue weighted by Gasteiger charge is -2.13. The van der Waals surface area contributed by atoms with Gasteiger partial charge in [0.1, 0.15) is 0 Å². The highest BCUT2D eigenvalue weighted by Crippen LogP contribution is 2.17. The number of nitrogens with one attached hydrogen (secondary N) is 1. The number of hydrogen-bond acceptors (Lipinski definition) is 3. The largest absolute Gasteiger partial charge is 0.351 e. The Bertz CT molecular complexity index is 566. The predicted molar refractivity (Wildman–Crippen MR) is 68.6 cm³/mol. The van der Waals surface area contributed by atoms with E-state index in [2.05, 4.69) is 10.5 Å². The normalized spacial score (nSPS) is 12.2. The van der Waals surface area contributed by atoms with Crippen LogP contribution in [-0.4, -0.2) is 11.1 Å². The molecule has 18 heavy (non-hydrogen) atoms. The maximum atomic E-state index is 11.8. The summed E-state index contributed by atoms with van der Waals surface area (Å²) in [7, 11) is 0. The van der Waals surface area contributed by atoms with E-state index in [9.17, 15) is 4.79 Å². The minimum Gasteiger partial charge on any atom is -0.351 e. The molecule has 1 heterocycles. The highest BCUT2D eigenvalue weighted by atomic mass is 35.5. The van der Waals surface area contributed by atoms with Crippen molar-refractivity contribution in [3.05, 3.63) is 52.4 Å². The quantitative estimate of drug-likeness (QED) is 0.927. The average molecular weight is 265 g/mol. The molecule has 94 valence electrons. The van der Waals surface area contributed by atoms with E-state index in [1.54, 1.807) is 19.1 Å². The molecule has 0 spiro atoms. The molecule has 1 aromatic heterocycles. The molecular weight excluding hydrogens is 252 g/mol. The van der Waals surface area contributed by atoms with Crippen molar-refractivity contribution in [1.82, 2.24) is 10.5 Å². The monoisotopic (exact) mass is 264 g/mol. The molecule has 0 aliphatic heterocycles. The molecule has 1 atom stereocenters. The minimum absolute atomic E-state index is 0.151. The van der Waals surface area contributed by atoms with Gasteiger partial charge in [0.2, 0.25) is 5.76 Å². The molecule has 0 saturated carbocycles. The van der Waals surface area contributed by atoms with Crippen LogP contribution < -0.4 is 5.32 Å². The van der Waals surface area contributed by atoms with Gasteiger partial charge in [0.05, 0.1) is 11.7 Å². The van der Waals surface area contributed by atoms with E-state index in [1.165, 1.54) is 0 Å². The maximum Gasteiger partial charge on any atom is 0.290 e. The number of carbonyl (C=O) groups is 1. The Labute approximate surface area is 110 Å². The number of benzene rings is 1. The van der Waals surface area contributed by atoms with Crippen molar-refractivity contribution < 1.29 is 9.32 Å². The van der Waals surface area contributed by atoms with Crippen molar-refractivity contribution in [2.24, 2.45) is 0 Å². The summed E-state index contributed by atoms with van der Waals surface area (Å²) in [6, 6.07) is 8.81. The summed E-state index contributed by atoms with van der Waals surface area (Å²) in [4.78, 5) is 11.8. The molecule has 1 unspecified atom stereocenters. The van der Waals surface area contributed by atoms with E-state index >= 15 is 0 Å². The van der Waals surface area contributed by atoms with Gasteiger partial charge in [0, 0.05) is 11.1 Å². The number of hydrogen-bond donors (Lipinski definition) is 1. The molecule has 2 aromatic rings. The highest BCUT2D eigenvalue weighted by Gasteiger charge is 2.15. The Morgan fingerprint density at radius 3 is 2.83 bits per heavy atom. The average Bonchev–Trinajstić information content (AvgIpc) is 2.76. The second-order valence-corrected chi connectivity index (χ2v) is 4.52. The molecule has 0 bridgehead atoms. The van der Waals surface area contributed by atoms with Crippen LogP contribution in [0.15, 0.2) is 34.9 Å². The third kappa shape index (κ3) is 2.90. The van der Waals surface area contributed by atoms with Crippen LogP contribution in [0.3, 0.4) is 0 Å². The van der Waals surface area contributed by atoms with Crippen molar-refractivity contribution in [3.8, 4) is 0 Å². The van der Waals surface area contributed by atoms with Gasteiger partial charge < -0.3 is 9.84 Å². The second kappa shape index (κ2) is 5.23. The number of rotatable bonds is 3. The fourth-order valence-corrected chi connectivity index (χ4v) is 1.80. The van der Waals surface area contributed by atoms with Crippen LogP contribution >= 0.6 is 11.6 Å². The van der Waals surface area contributed by atoms with Gasteiger partial charge in [-0.3, -0.25) is 4.79 Å². The molecule has 1 aromatic carbocycles. The van der Waals surface area contributed by atoms with Crippen molar-refractivity contribution in [2.75, 3.05) is 0 Å². The van der Waals surface area contributed by atoms with E-state index in [0.29, 0.717) is 10.7 Å². The zero-order chi connectivity index (χ0) is 13.1. The Kier molecular flexibility index (Phi) is 3.67. The van der Waals surface area contributed by atoms with E-state index in [4.69, 9.17) is 16.1 Å². The summed E-state index contributed by atoms with van der Waals surface area (Å²) >= 11 is 5.90. The predicted octanol–water partition coefficient (Wildman–Crippen LogP) is 3.13. The van der Waals surface area contributed by atoms with Gasteiger partial charge in [-0.15, -0.1) is 0 Å². The molecular formula is C13H13ClN2O2. The molecule has 0 radical (unpaired) electrons. The number of aryl methyl sites for hydroxylation is 1. The van der Waals surface area contributed by atoms with Crippen molar-refractivity contribution in [1.29, 1.82) is 0 Å². The third-order valence-electron chi connectivity index (χ3n) is 2.55. The number of nitrogens with zero attached hydrogens (tertiary/aromatic N) is 1. The SMILES string of the molecule is Cc1cc(C(=O)NC(C)c2cccc(Cl)c2)on1. The van der Waals surface area contributed by atoms with E-state index in [1.807, 2.05) is 25.1 Å². The van der Waals surface area contributed by atoms with Crippen LogP contribution in [0.2, 0.25) is 5.02 Å². The van der Waals surface area contributed by atoms with Gasteiger partial charge in [-0.1, -0.05) is 28.9 Å². The topological polar surface area (TPSA) is 55.1 Å². The zero-order valence-electron chi connectivity index (χ0n) is 10.1. The van der Waals surface area contributed by atoms with Crippen molar-refractivity contribution in [2.45, 2.75) is 19.9 Å². The molecule has 1 amide bonds. The number of amides is 1. The van der Waals surface area contributed by atoms with E-state index in [-0.39, 0.29) is 17.7 Å². The van der Waals surface area contributed by atoms with Gasteiger partial charge in [-0.2, -0.15) is 0 Å². The first-order valence-corrected chi connectivity index (χ1v) is 5.93. The summed E-state index contributed by atoms with van der Waals surface area (Å²) in [5.74, 6) is -0.0792. The Hall–Kier alpha value is -1.81. The van der Waals surface area contributed by atoms with E-state index in [0.717, 1.165) is 5.56 Å². The number of halogens is 1. The van der Waals surface area contributed by atoms with Gasteiger partial charge in [-0.05, 0) is 31.5 Å². The van der Waals surface area contributed by atoms with Gasteiger partial charge in [0.25, 0.3) is 5.91 Å². The van der Waals surface area contributed by atoms with Crippen LogP contribution in [0.1, 0.15) is 34.8 Å². The lowest BCUT2D eigenvalue weighted by Crippen LogP contribution is -2.26. The van der Waals surface area contributed by atoms with Crippen LogP contribution in [0.25, 0.3) is 0 Å². The standard InChI is InChI=1S/C13H13ClN2O2/c1-8-6-12(18-16-8)13(17)15-9(2)10-4-3-5-11(14)7-10/h3-7,9H,1-2H3,(H,15,17). The Balaban J connectivity index is 2.07. The minimum atomic E-state index is -0.289. The van der Waals surface area contributed by atoms with Crippen LogP contribution in [0.4, 0.5) is 0 Å². The first kappa shape index (κ1) is 12.6. The fourth-order valence-electron chi connectivity index (χ4n) is 1.60. The zero-order valence-corrected chi connectivity index (χ0v) is 10.9. The molecule has 0 saturated heterocycles. The van der Waals surface area contributed by atoms with Crippen molar-refractivity contribution in [3.63, 3.8) is 0 Å². The lowest BCUT2D eigenvalue weighted by molar-refractivity contribution is 0.0902. The smallest absolute Gasteiger partial charge is 0.290 e. The van der Waals surface area contributed by atoms with Crippen molar-refractivity contribution >= 4 is 17.5 Å². The summed E-state index contributed by atoms with van der Waals surface area (Å²) in [6.45, 7) is 3.65. The summed E-state index contributed by atoms with van der Waals surface area (Å²) in [6.07, 6.45) is 0. The third-order valence-corrected chi connectivity index (χ3v) is 2.78. The van der Waals surface area contributed by atoms with Crippen LogP contribution in [-0.2, 0) is 0 Å². The lowest BCUT2D eigenvalue weighted by atomic mass is 10.1. The first-order chi connectivity index (χ1) is 8.56. The molecule has 0 aliphatic rings. The van der Waals surface area contributed by atoms with Crippen LogP contribution in [0, 0.1) is 6.92 Å². The second-order valence-electron chi connectivity index (χ2n) is 4.08. The Morgan fingerprint density at radius 2 is 2.22 bits per heavy atom. The highest BCUT2D eigenvalue weighted by molar-refractivity contribution is 6.30. The Morgan fingerprint density at radius 1 is 1.44 bits per heavy atom.